The van der Waals surface area contributed by atoms with Gasteiger partial charge in [0.05, 0.1) is 18.6 Å². The first-order valence-corrected chi connectivity index (χ1v) is 11.3. The summed E-state index contributed by atoms with van der Waals surface area (Å²) < 4.78 is 45.1. The van der Waals surface area contributed by atoms with Crippen LogP contribution in [0.5, 0.6) is 5.75 Å². The number of hydrogen-bond donors (Lipinski definition) is 2. The van der Waals surface area contributed by atoms with Gasteiger partial charge in [0, 0.05) is 28.4 Å². The Morgan fingerprint density at radius 1 is 1.14 bits per heavy atom. The molecule has 1 heterocycles. The number of aromatic nitrogens is 1. The van der Waals surface area contributed by atoms with Crippen molar-refractivity contribution in [2.24, 2.45) is 5.84 Å². The normalized spacial score (nSPS) is 12.3. The lowest BCUT2D eigenvalue weighted by molar-refractivity contribution is -0.138. The largest absolute Gasteiger partial charge is 0.496 e. The van der Waals surface area contributed by atoms with Crippen LogP contribution in [0.2, 0.25) is 0 Å². The monoisotopic (exact) mass is 507 g/mol. The molecule has 3 aromatic rings. The lowest BCUT2D eigenvalue weighted by Gasteiger charge is -2.23. The molecule has 0 fully saturated rings. The Morgan fingerprint density at radius 2 is 1.89 bits per heavy atom. The fraction of sp³-hybridized carbons (Fsp3) is 0.280. The molecular weight excluding hydrogens is 483 g/mol. The molecule has 0 bridgehead atoms. The van der Waals surface area contributed by atoms with E-state index in [4.69, 9.17) is 22.2 Å². The van der Waals surface area contributed by atoms with Crippen molar-refractivity contribution in [1.29, 1.82) is 0 Å². The van der Waals surface area contributed by atoms with Gasteiger partial charge in [-0.1, -0.05) is 18.2 Å². The zero-order valence-electron chi connectivity index (χ0n) is 19.2. The molecule has 35 heavy (non-hydrogen) atoms. The second kappa shape index (κ2) is 11.0. The summed E-state index contributed by atoms with van der Waals surface area (Å²) in [7, 11) is 1.45. The maximum absolute atomic E-state index is 13.2. The molecule has 1 aromatic heterocycles. The number of imide groups is 1. The van der Waals surface area contributed by atoms with Gasteiger partial charge >= 0.3 is 6.18 Å². The molecule has 1 unspecified atom stereocenters. The van der Waals surface area contributed by atoms with Gasteiger partial charge in [-0.2, -0.15) is 13.2 Å². The highest BCUT2D eigenvalue weighted by atomic mass is 35.5. The van der Waals surface area contributed by atoms with Crippen LogP contribution in [-0.4, -0.2) is 34.8 Å². The van der Waals surface area contributed by atoms with Gasteiger partial charge in [0.25, 0.3) is 11.8 Å². The maximum Gasteiger partial charge on any atom is 0.416 e. The number of nitrogens with zero attached hydrogens (tertiary/aromatic N) is 1. The van der Waals surface area contributed by atoms with Crippen LogP contribution in [0.25, 0.3) is 11.3 Å². The Bertz CT molecular complexity index is 1210. The summed E-state index contributed by atoms with van der Waals surface area (Å²) in [5, 5.41) is 0.437. The molecule has 0 aliphatic heterocycles. The van der Waals surface area contributed by atoms with Gasteiger partial charge in [0.15, 0.2) is 0 Å². The smallest absolute Gasteiger partial charge is 0.416 e. The Balaban J connectivity index is 1.90. The molecule has 2 aromatic carbocycles. The van der Waals surface area contributed by atoms with Crippen molar-refractivity contribution in [3.8, 4) is 17.0 Å². The van der Waals surface area contributed by atoms with Crippen molar-refractivity contribution < 1.29 is 27.5 Å². The number of hydrazine groups is 1. The van der Waals surface area contributed by atoms with E-state index in [2.05, 4.69) is 4.98 Å². The zero-order chi connectivity index (χ0) is 25.8. The summed E-state index contributed by atoms with van der Waals surface area (Å²) in [4.78, 5) is 29.4. The van der Waals surface area contributed by atoms with Crippen molar-refractivity contribution in [3.63, 3.8) is 0 Å². The van der Waals surface area contributed by atoms with Gasteiger partial charge in [0.1, 0.15) is 5.75 Å². The van der Waals surface area contributed by atoms with Crippen molar-refractivity contribution >= 4 is 23.4 Å². The average molecular weight is 508 g/mol. The highest BCUT2D eigenvalue weighted by Gasteiger charge is 2.33. The third-order valence-electron chi connectivity index (χ3n) is 5.57. The molecular formula is C25H25ClF3N3O3. The second-order valence-corrected chi connectivity index (χ2v) is 8.37. The van der Waals surface area contributed by atoms with Crippen LogP contribution in [0, 0.1) is 6.92 Å². The number of methoxy groups -OCH3 is 1. The van der Waals surface area contributed by atoms with E-state index in [1.54, 1.807) is 6.07 Å². The number of ether oxygens (including phenoxy) is 1. The molecule has 2 amide bonds. The standard InChI is InChI=1S/C25H25ClF3N3O3/c1-15-8-11-21(31-15)20-10-9-17(14-22(20)35-2)23(33)32(30)24(34)19(7-4-12-26)16-5-3-6-18(13-16)25(27,28)29/h3,5-6,8-11,13-14,19,31H,4,7,12,30H2,1-2H3. The number of hydrogen-bond acceptors (Lipinski definition) is 4. The maximum atomic E-state index is 13.2. The van der Waals surface area contributed by atoms with Crippen LogP contribution in [-0.2, 0) is 11.0 Å². The third-order valence-corrected chi connectivity index (χ3v) is 5.83. The molecule has 3 N–H and O–H groups in total. The first-order chi connectivity index (χ1) is 16.6. The van der Waals surface area contributed by atoms with Gasteiger partial charge in [-0.05, 0) is 61.7 Å². The minimum absolute atomic E-state index is 0.0878. The number of aryl methyl sites for hydroxylation is 1. The molecule has 0 saturated carbocycles. The zero-order valence-corrected chi connectivity index (χ0v) is 19.9. The Kier molecular flexibility index (Phi) is 8.24. The number of benzene rings is 2. The number of halogens is 4. The molecule has 10 heteroatoms. The van der Waals surface area contributed by atoms with Gasteiger partial charge in [-0.3, -0.25) is 9.59 Å². The number of carbonyl (C=O) groups excluding carboxylic acids is 2. The summed E-state index contributed by atoms with van der Waals surface area (Å²) in [6, 6.07) is 12.8. The predicted molar refractivity (Wildman–Crippen MR) is 127 cm³/mol. The van der Waals surface area contributed by atoms with E-state index in [0.29, 0.717) is 22.7 Å². The van der Waals surface area contributed by atoms with Crippen LogP contribution < -0.4 is 10.6 Å². The van der Waals surface area contributed by atoms with E-state index in [-0.39, 0.29) is 23.4 Å². The number of nitrogens with one attached hydrogen (secondary N) is 1. The Morgan fingerprint density at radius 3 is 2.49 bits per heavy atom. The lowest BCUT2D eigenvalue weighted by Crippen LogP contribution is -2.45. The molecule has 0 saturated heterocycles. The summed E-state index contributed by atoms with van der Waals surface area (Å²) in [5.74, 6) is 3.76. The Labute approximate surface area is 205 Å². The number of rotatable bonds is 8. The van der Waals surface area contributed by atoms with Crippen molar-refractivity contribution in [2.75, 3.05) is 13.0 Å². The van der Waals surface area contributed by atoms with E-state index in [1.807, 2.05) is 19.1 Å². The second-order valence-electron chi connectivity index (χ2n) is 7.99. The van der Waals surface area contributed by atoms with Crippen LogP contribution in [0.1, 0.15) is 45.9 Å². The minimum atomic E-state index is -4.58. The average Bonchev–Trinajstić information content (AvgIpc) is 3.28. The number of H-pyrrole nitrogens is 1. The molecule has 186 valence electrons. The molecule has 0 radical (unpaired) electrons. The van der Waals surface area contributed by atoms with Crippen LogP contribution >= 0.6 is 11.6 Å². The molecule has 1 atom stereocenters. The van der Waals surface area contributed by atoms with E-state index < -0.39 is 29.5 Å². The molecule has 0 aliphatic carbocycles. The quantitative estimate of drug-likeness (QED) is 0.178. The van der Waals surface area contributed by atoms with Crippen molar-refractivity contribution in [1.82, 2.24) is 9.99 Å². The highest BCUT2D eigenvalue weighted by molar-refractivity contribution is 6.17. The predicted octanol–water partition coefficient (Wildman–Crippen LogP) is 5.66. The van der Waals surface area contributed by atoms with Crippen LogP contribution in [0.3, 0.4) is 0 Å². The minimum Gasteiger partial charge on any atom is -0.496 e. The van der Waals surface area contributed by atoms with Crippen LogP contribution in [0.15, 0.2) is 54.6 Å². The highest BCUT2D eigenvalue weighted by Crippen LogP contribution is 2.34. The number of nitrogens with two attached hydrogens (primary N) is 1. The van der Waals surface area contributed by atoms with E-state index in [1.165, 1.54) is 31.4 Å². The SMILES string of the molecule is COc1cc(C(=O)N(N)C(=O)C(CCCCl)c2cccc(C(F)(F)F)c2)ccc1-c1ccc(C)[nH]1. The van der Waals surface area contributed by atoms with Gasteiger partial charge < -0.3 is 9.72 Å². The third kappa shape index (κ3) is 6.04. The van der Waals surface area contributed by atoms with Gasteiger partial charge in [-0.25, -0.2) is 10.9 Å². The Hall–Kier alpha value is -3.30. The number of amides is 2. The van der Waals surface area contributed by atoms with E-state index in [0.717, 1.165) is 23.5 Å². The number of carbonyl (C=O) groups is 2. The molecule has 6 nitrogen and oxygen atoms in total. The number of alkyl halides is 4. The van der Waals surface area contributed by atoms with Crippen molar-refractivity contribution in [2.45, 2.75) is 31.9 Å². The molecule has 0 aliphatic rings. The summed E-state index contributed by atoms with van der Waals surface area (Å²) in [6.07, 6.45) is -4.11. The molecule has 3 rings (SSSR count). The lowest BCUT2D eigenvalue weighted by atomic mass is 9.91. The number of aromatic amines is 1. The fourth-order valence-corrected chi connectivity index (χ4v) is 3.92. The topological polar surface area (TPSA) is 88.4 Å². The van der Waals surface area contributed by atoms with E-state index >= 15 is 0 Å². The first kappa shape index (κ1) is 26.3. The summed E-state index contributed by atoms with van der Waals surface area (Å²) in [6.45, 7) is 1.90. The summed E-state index contributed by atoms with van der Waals surface area (Å²) >= 11 is 5.76. The van der Waals surface area contributed by atoms with Gasteiger partial charge in [-0.15, -0.1) is 11.6 Å². The van der Waals surface area contributed by atoms with Gasteiger partial charge in [0.2, 0.25) is 0 Å². The van der Waals surface area contributed by atoms with Crippen LogP contribution in [0.4, 0.5) is 13.2 Å². The molecule has 0 spiro atoms. The van der Waals surface area contributed by atoms with E-state index in [9.17, 15) is 22.8 Å². The first-order valence-electron chi connectivity index (χ1n) is 10.8. The fourth-order valence-electron chi connectivity index (χ4n) is 3.76. The summed E-state index contributed by atoms with van der Waals surface area (Å²) in [5.41, 5.74) is 1.73. The van der Waals surface area contributed by atoms with Crippen molar-refractivity contribution in [3.05, 3.63) is 77.0 Å².